The van der Waals surface area contributed by atoms with Crippen molar-refractivity contribution < 1.29 is 4.79 Å². The molecule has 2 rings (SSSR count). The maximum Gasteiger partial charge on any atom is 0.247 e. The molecule has 4 nitrogen and oxygen atoms in total. The fourth-order valence-corrected chi connectivity index (χ4v) is 2.64. The van der Waals surface area contributed by atoms with Gasteiger partial charge in [-0.15, -0.1) is 0 Å². The molecular formula is C14H21N3O. The second-order valence-corrected chi connectivity index (χ2v) is 4.67. The normalized spacial score (nSPS) is 23.2. The Morgan fingerprint density at radius 3 is 2.72 bits per heavy atom. The fraction of sp³-hybridized carbons (Fsp3) is 0.500. The number of amides is 1. The third-order valence-corrected chi connectivity index (χ3v) is 3.78. The molecule has 1 atom stereocenters. The Morgan fingerprint density at radius 1 is 1.39 bits per heavy atom. The Kier molecular flexibility index (Phi) is 3.87. The zero-order chi connectivity index (χ0) is 13.0. The minimum absolute atomic E-state index is 0.143. The van der Waals surface area contributed by atoms with Crippen molar-refractivity contribution in [1.29, 1.82) is 0 Å². The molecule has 1 saturated heterocycles. The van der Waals surface area contributed by atoms with Crippen LogP contribution in [0.25, 0.3) is 0 Å². The minimum Gasteiger partial charge on any atom is -0.339 e. The van der Waals surface area contributed by atoms with E-state index in [0.717, 1.165) is 25.1 Å². The molecule has 1 aliphatic rings. The van der Waals surface area contributed by atoms with Gasteiger partial charge in [-0.1, -0.05) is 25.1 Å². The first kappa shape index (κ1) is 12.9. The summed E-state index contributed by atoms with van der Waals surface area (Å²) in [6, 6.07) is 10.1. The van der Waals surface area contributed by atoms with Crippen molar-refractivity contribution in [2.24, 2.45) is 0 Å². The van der Waals surface area contributed by atoms with Crippen molar-refractivity contribution in [2.45, 2.75) is 25.3 Å². The Morgan fingerprint density at radius 2 is 2.11 bits per heavy atom. The number of carbonyl (C=O) groups is 1. The van der Waals surface area contributed by atoms with Gasteiger partial charge < -0.3 is 15.5 Å². The van der Waals surface area contributed by atoms with Crippen LogP contribution in [0, 0.1) is 0 Å². The number of rotatable bonds is 5. The molecule has 1 aromatic carbocycles. The zero-order valence-corrected chi connectivity index (χ0v) is 11.1. The summed E-state index contributed by atoms with van der Waals surface area (Å²) in [5, 5.41) is 6.12. The van der Waals surface area contributed by atoms with Crippen molar-refractivity contribution in [3.8, 4) is 0 Å². The van der Waals surface area contributed by atoms with E-state index < -0.39 is 5.54 Å². The predicted molar refractivity (Wildman–Crippen MR) is 73.5 cm³/mol. The van der Waals surface area contributed by atoms with E-state index in [1.54, 1.807) is 0 Å². The summed E-state index contributed by atoms with van der Waals surface area (Å²) in [5.74, 6) is 0.143. The topological polar surface area (TPSA) is 44.4 Å². The molecule has 1 aliphatic heterocycles. The maximum atomic E-state index is 12.2. The van der Waals surface area contributed by atoms with Crippen molar-refractivity contribution in [3.05, 3.63) is 30.3 Å². The molecule has 0 radical (unpaired) electrons. The van der Waals surface area contributed by atoms with E-state index in [1.165, 1.54) is 0 Å². The van der Waals surface area contributed by atoms with Crippen LogP contribution in [0.4, 0.5) is 5.69 Å². The number of benzene rings is 1. The molecule has 98 valence electrons. The molecule has 0 saturated carbocycles. The van der Waals surface area contributed by atoms with Gasteiger partial charge in [-0.05, 0) is 38.6 Å². The smallest absolute Gasteiger partial charge is 0.247 e. The lowest BCUT2D eigenvalue weighted by Crippen LogP contribution is -2.50. The van der Waals surface area contributed by atoms with Gasteiger partial charge in [0.25, 0.3) is 0 Å². The number of hydrogen-bond acceptors (Lipinski definition) is 3. The average molecular weight is 247 g/mol. The summed E-state index contributed by atoms with van der Waals surface area (Å²) in [6.45, 7) is 3.52. The Hall–Kier alpha value is -1.55. The third-order valence-electron chi connectivity index (χ3n) is 3.78. The van der Waals surface area contributed by atoms with E-state index in [4.69, 9.17) is 0 Å². The van der Waals surface area contributed by atoms with Gasteiger partial charge in [-0.2, -0.15) is 0 Å². The van der Waals surface area contributed by atoms with Crippen LogP contribution in [-0.4, -0.2) is 31.7 Å². The molecule has 1 fully saturated rings. The quantitative estimate of drug-likeness (QED) is 0.825. The van der Waals surface area contributed by atoms with Gasteiger partial charge in [0.2, 0.25) is 5.91 Å². The van der Waals surface area contributed by atoms with E-state index in [2.05, 4.69) is 34.6 Å². The Labute approximate surface area is 108 Å². The van der Waals surface area contributed by atoms with Crippen LogP contribution in [0.2, 0.25) is 0 Å². The lowest BCUT2D eigenvalue weighted by molar-refractivity contribution is -0.123. The molecule has 1 unspecified atom stereocenters. The highest BCUT2D eigenvalue weighted by molar-refractivity contribution is 5.93. The van der Waals surface area contributed by atoms with Crippen LogP contribution < -0.4 is 15.5 Å². The van der Waals surface area contributed by atoms with Crippen LogP contribution in [0.1, 0.15) is 19.8 Å². The van der Waals surface area contributed by atoms with E-state index in [1.807, 2.05) is 25.2 Å². The van der Waals surface area contributed by atoms with Crippen LogP contribution in [0.3, 0.4) is 0 Å². The van der Waals surface area contributed by atoms with Gasteiger partial charge in [-0.25, -0.2) is 0 Å². The molecule has 1 amide bonds. The lowest BCUT2D eigenvalue weighted by Gasteiger charge is -2.36. The van der Waals surface area contributed by atoms with Gasteiger partial charge in [0.05, 0.1) is 6.67 Å². The monoisotopic (exact) mass is 247 g/mol. The third kappa shape index (κ3) is 2.08. The van der Waals surface area contributed by atoms with E-state index in [9.17, 15) is 4.79 Å². The standard InChI is InChI=1S/C14H21N3O/c1-3-14(9-10-15-2)13(18)16-11-17(14)12-7-5-4-6-8-12/h4-8,15H,3,9-11H2,1-2H3,(H,16,18). The molecule has 0 bridgehead atoms. The van der Waals surface area contributed by atoms with Gasteiger partial charge in [0.15, 0.2) is 0 Å². The highest BCUT2D eigenvalue weighted by atomic mass is 16.2. The SMILES string of the molecule is CCC1(CCNC)C(=O)NCN1c1ccccc1. The predicted octanol–water partition coefficient (Wildman–Crippen LogP) is 1.34. The zero-order valence-electron chi connectivity index (χ0n) is 11.1. The molecule has 1 aromatic rings. The number of para-hydroxylation sites is 1. The summed E-state index contributed by atoms with van der Waals surface area (Å²) < 4.78 is 0. The maximum absolute atomic E-state index is 12.2. The number of carbonyl (C=O) groups excluding carboxylic acids is 1. The van der Waals surface area contributed by atoms with Gasteiger partial charge >= 0.3 is 0 Å². The van der Waals surface area contributed by atoms with E-state index in [0.29, 0.717) is 6.67 Å². The summed E-state index contributed by atoms with van der Waals surface area (Å²) in [5.41, 5.74) is 0.693. The second kappa shape index (κ2) is 5.40. The highest BCUT2D eigenvalue weighted by Gasteiger charge is 2.46. The minimum atomic E-state index is -0.412. The summed E-state index contributed by atoms with van der Waals surface area (Å²) in [4.78, 5) is 14.4. The number of nitrogens with one attached hydrogen (secondary N) is 2. The first-order valence-corrected chi connectivity index (χ1v) is 6.50. The fourth-order valence-electron chi connectivity index (χ4n) is 2.64. The summed E-state index contributed by atoms with van der Waals surface area (Å²) >= 11 is 0. The number of nitrogens with zero attached hydrogens (tertiary/aromatic N) is 1. The molecular weight excluding hydrogens is 226 g/mol. The molecule has 1 heterocycles. The summed E-state index contributed by atoms with van der Waals surface area (Å²) in [6.07, 6.45) is 1.64. The molecule has 18 heavy (non-hydrogen) atoms. The number of hydrogen-bond donors (Lipinski definition) is 2. The van der Waals surface area contributed by atoms with Gasteiger partial charge in [0, 0.05) is 5.69 Å². The second-order valence-electron chi connectivity index (χ2n) is 4.67. The highest BCUT2D eigenvalue weighted by Crippen LogP contribution is 2.32. The molecule has 0 spiro atoms. The average Bonchev–Trinajstić information content (AvgIpc) is 2.75. The van der Waals surface area contributed by atoms with Crippen LogP contribution in [-0.2, 0) is 4.79 Å². The van der Waals surface area contributed by atoms with Crippen molar-refractivity contribution >= 4 is 11.6 Å². The van der Waals surface area contributed by atoms with Gasteiger partial charge in [0.1, 0.15) is 5.54 Å². The van der Waals surface area contributed by atoms with Crippen molar-refractivity contribution in [2.75, 3.05) is 25.2 Å². The van der Waals surface area contributed by atoms with Crippen LogP contribution in [0.5, 0.6) is 0 Å². The van der Waals surface area contributed by atoms with E-state index >= 15 is 0 Å². The Bertz CT molecular complexity index is 407. The molecule has 0 aromatic heterocycles. The van der Waals surface area contributed by atoms with Crippen LogP contribution in [0.15, 0.2) is 30.3 Å². The van der Waals surface area contributed by atoms with Gasteiger partial charge in [-0.3, -0.25) is 4.79 Å². The lowest BCUT2D eigenvalue weighted by atomic mass is 9.90. The van der Waals surface area contributed by atoms with Crippen molar-refractivity contribution in [1.82, 2.24) is 10.6 Å². The molecule has 0 aliphatic carbocycles. The number of anilines is 1. The van der Waals surface area contributed by atoms with E-state index in [-0.39, 0.29) is 5.91 Å². The largest absolute Gasteiger partial charge is 0.339 e. The molecule has 4 heteroatoms. The van der Waals surface area contributed by atoms with Crippen molar-refractivity contribution in [3.63, 3.8) is 0 Å². The van der Waals surface area contributed by atoms with Crippen LogP contribution >= 0.6 is 0 Å². The Balaban J connectivity index is 2.31. The molecule has 2 N–H and O–H groups in total. The first-order chi connectivity index (χ1) is 8.74. The summed E-state index contributed by atoms with van der Waals surface area (Å²) in [7, 11) is 1.92. The first-order valence-electron chi connectivity index (χ1n) is 6.50.